The zero-order valence-corrected chi connectivity index (χ0v) is 14.3. The predicted molar refractivity (Wildman–Crippen MR) is 93.9 cm³/mol. The van der Waals surface area contributed by atoms with Gasteiger partial charge in [0.25, 0.3) is 0 Å². The van der Waals surface area contributed by atoms with Crippen molar-refractivity contribution in [3.05, 3.63) is 41.2 Å². The van der Waals surface area contributed by atoms with E-state index >= 15 is 0 Å². The molecule has 3 heterocycles. The van der Waals surface area contributed by atoms with Crippen molar-refractivity contribution < 1.29 is 4.74 Å². The van der Waals surface area contributed by atoms with Crippen LogP contribution in [-0.2, 0) is 4.74 Å². The molecular weight excluding hydrogens is 302 g/mol. The number of anilines is 1. The number of ether oxygens (including phenoxy) is 1. The van der Waals surface area contributed by atoms with E-state index < -0.39 is 0 Å². The number of nitrogens with zero attached hydrogens (tertiary/aromatic N) is 5. The lowest BCUT2D eigenvalue weighted by Crippen LogP contribution is -2.37. The van der Waals surface area contributed by atoms with Gasteiger partial charge in [0.1, 0.15) is 5.52 Å². The highest BCUT2D eigenvalue weighted by Gasteiger charge is 2.21. The molecule has 3 aromatic rings. The number of aryl methyl sites for hydroxylation is 3. The number of fused-ring (bicyclic) bond motifs is 1. The number of benzene rings is 1. The van der Waals surface area contributed by atoms with Gasteiger partial charge in [0.2, 0.25) is 0 Å². The van der Waals surface area contributed by atoms with Gasteiger partial charge in [-0.1, -0.05) is 17.7 Å². The second kappa shape index (κ2) is 5.87. The first kappa shape index (κ1) is 15.1. The van der Waals surface area contributed by atoms with Gasteiger partial charge in [-0.15, -0.1) is 5.10 Å². The van der Waals surface area contributed by atoms with Crippen LogP contribution >= 0.6 is 0 Å². The van der Waals surface area contributed by atoms with E-state index in [4.69, 9.17) is 9.84 Å². The number of rotatable bonds is 2. The molecule has 4 rings (SSSR count). The number of morpholine rings is 1. The Kier molecular flexibility index (Phi) is 3.69. The molecule has 1 fully saturated rings. The van der Waals surface area contributed by atoms with Crippen molar-refractivity contribution in [1.82, 2.24) is 20.0 Å². The minimum absolute atomic E-state index is 0.717. The standard InChI is InChI=1S/C18H21N5O/c1-12-4-6-15(7-5-12)23-14(3)16-13(2)19-20-18(17(16)21-23)22-8-10-24-11-9-22/h4-7H,8-11H2,1-3H3. The molecule has 0 saturated carbocycles. The van der Waals surface area contributed by atoms with Gasteiger partial charge < -0.3 is 9.64 Å². The summed E-state index contributed by atoms with van der Waals surface area (Å²) >= 11 is 0. The molecule has 1 aliphatic rings. The monoisotopic (exact) mass is 323 g/mol. The van der Waals surface area contributed by atoms with E-state index in [0.717, 1.165) is 46.9 Å². The van der Waals surface area contributed by atoms with Gasteiger partial charge in [-0.05, 0) is 32.9 Å². The maximum Gasteiger partial charge on any atom is 0.179 e. The Morgan fingerprint density at radius 2 is 1.67 bits per heavy atom. The Labute approximate surface area is 141 Å². The zero-order chi connectivity index (χ0) is 16.7. The van der Waals surface area contributed by atoms with Crippen molar-refractivity contribution in [3.8, 4) is 5.69 Å². The van der Waals surface area contributed by atoms with Crippen LogP contribution < -0.4 is 4.90 Å². The summed E-state index contributed by atoms with van der Waals surface area (Å²) in [6, 6.07) is 8.40. The second-order valence-electron chi connectivity index (χ2n) is 6.26. The normalized spacial score (nSPS) is 15.2. The Morgan fingerprint density at radius 3 is 2.38 bits per heavy atom. The molecule has 0 unspecified atom stereocenters. The summed E-state index contributed by atoms with van der Waals surface area (Å²) in [5.74, 6) is 0.855. The summed E-state index contributed by atoms with van der Waals surface area (Å²) in [4.78, 5) is 2.21. The summed E-state index contributed by atoms with van der Waals surface area (Å²) in [7, 11) is 0. The maximum atomic E-state index is 5.45. The van der Waals surface area contributed by atoms with Gasteiger partial charge in [-0.25, -0.2) is 4.68 Å². The maximum absolute atomic E-state index is 5.45. The van der Waals surface area contributed by atoms with Crippen LogP contribution in [0.5, 0.6) is 0 Å². The van der Waals surface area contributed by atoms with Crippen molar-refractivity contribution >= 4 is 16.7 Å². The van der Waals surface area contributed by atoms with Crippen LogP contribution in [0.25, 0.3) is 16.6 Å². The molecule has 124 valence electrons. The third kappa shape index (κ3) is 2.43. The molecule has 0 spiro atoms. The van der Waals surface area contributed by atoms with E-state index in [0.29, 0.717) is 13.2 Å². The summed E-state index contributed by atoms with van der Waals surface area (Å²) in [6.07, 6.45) is 0. The van der Waals surface area contributed by atoms with Crippen LogP contribution in [-0.4, -0.2) is 46.3 Å². The average Bonchev–Trinajstić information content (AvgIpc) is 2.95. The van der Waals surface area contributed by atoms with Gasteiger partial charge >= 0.3 is 0 Å². The first-order valence-electron chi connectivity index (χ1n) is 8.27. The van der Waals surface area contributed by atoms with E-state index in [2.05, 4.69) is 53.2 Å². The van der Waals surface area contributed by atoms with Crippen molar-refractivity contribution in [3.63, 3.8) is 0 Å². The Morgan fingerprint density at radius 1 is 0.958 bits per heavy atom. The first-order chi connectivity index (χ1) is 11.6. The topological polar surface area (TPSA) is 56.1 Å². The number of hydrogen-bond donors (Lipinski definition) is 0. The number of aromatic nitrogens is 4. The molecule has 0 aliphatic carbocycles. The molecule has 0 atom stereocenters. The summed E-state index contributed by atoms with van der Waals surface area (Å²) in [5, 5.41) is 14.8. The Hall–Kier alpha value is -2.47. The van der Waals surface area contributed by atoms with Crippen molar-refractivity contribution in [1.29, 1.82) is 0 Å². The molecule has 1 aliphatic heterocycles. The third-order valence-electron chi connectivity index (χ3n) is 4.57. The lowest BCUT2D eigenvalue weighted by Gasteiger charge is -2.27. The fourth-order valence-corrected chi connectivity index (χ4v) is 3.24. The van der Waals surface area contributed by atoms with Crippen molar-refractivity contribution in [2.45, 2.75) is 20.8 Å². The largest absolute Gasteiger partial charge is 0.378 e. The second-order valence-corrected chi connectivity index (χ2v) is 6.26. The Bertz CT molecular complexity index is 879. The fraction of sp³-hybridized carbons (Fsp3) is 0.389. The minimum Gasteiger partial charge on any atom is -0.378 e. The highest BCUT2D eigenvalue weighted by atomic mass is 16.5. The first-order valence-corrected chi connectivity index (χ1v) is 8.27. The van der Waals surface area contributed by atoms with Crippen LogP contribution in [0.2, 0.25) is 0 Å². The molecule has 0 N–H and O–H groups in total. The quantitative estimate of drug-likeness (QED) is 0.725. The molecule has 0 radical (unpaired) electrons. The molecular formula is C18H21N5O. The van der Waals surface area contributed by atoms with Gasteiger partial charge in [0.15, 0.2) is 5.82 Å². The lowest BCUT2D eigenvalue weighted by molar-refractivity contribution is 0.122. The van der Waals surface area contributed by atoms with Crippen LogP contribution in [0.1, 0.15) is 17.0 Å². The summed E-state index contributed by atoms with van der Waals surface area (Å²) < 4.78 is 7.44. The van der Waals surface area contributed by atoms with Crippen LogP contribution in [0.15, 0.2) is 24.3 Å². The van der Waals surface area contributed by atoms with Crippen molar-refractivity contribution in [2.24, 2.45) is 0 Å². The van der Waals surface area contributed by atoms with Crippen LogP contribution in [0.3, 0.4) is 0 Å². The lowest BCUT2D eigenvalue weighted by atomic mass is 10.2. The van der Waals surface area contributed by atoms with Gasteiger partial charge in [0, 0.05) is 13.1 Å². The van der Waals surface area contributed by atoms with E-state index in [-0.39, 0.29) is 0 Å². The van der Waals surface area contributed by atoms with Crippen LogP contribution in [0.4, 0.5) is 5.82 Å². The van der Waals surface area contributed by atoms with Gasteiger partial charge in [0.05, 0.1) is 35.7 Å². The van der Waals surface area contributed by atoms with E-state index in [1.54, 1.807) is 0 Å². The highest BCUT2D eigenvalue weighted by Crippen LogP contribution is 2.29. The smallest absolute Gasteiger partial charge is 0.179 e. The van der Waals surface area contributed by atoms with E-state index in [1.807, 2.05) is 11.6 Å². The number of hydrogen-bond acceptors (Lipinski definition) is 5. The van der Waals surface area contributed by atoms with Crippen LogP contribution in [0, 0.1) is 20.8 Å². The van der Waals surface area contributed by atoms with E-state index in [1.165, 1.54) is 5.56 Å². The Balaban J connectivity index is 1.89. The highest BCUT2D eigenvalue weighted by molar-refractivity contribution is 5.92. The molecule has 0 amide bonds. The average molecular weight is 323 g/mol. The van der Waals surface area contributed by atoms with Gasteiger partial charge in [-0.3, -0.25) is 0 Å². The van der Waals surface area contributed by atoms with E-state index in [9.17, 15) is 0 Å². The molecule has 1 aromatic carbocycles. The zero-order valence-electron chi connectivity index (χ0n) is 14.3. The summed E-state index contributed by atoms with van der Waals surface area (Å²) in [5.41, 5.74) is 5.22. The third-order valence-corrected chi connectivity index (χ3v) is 4.57. The fourth-order valence-electron chi connectivity index (χ4n) is 3.24. The molecule has 6 heteroatoms. The molecule has 6 nitrogen and oxygen atoms in total. The SMILES string of the molecule is Cc1ccc(-n2nc3c(N4CCOCC4)nnc(C)c3c2C)cc1. The molecule has 1 saturated heterocycles. The molecule has 0 bridgehead atoms. The molecule has 24 heavy (non-hydrogen) atoms. The predicted octanol–water partition coefficient (Wildman–Crippen LogP) is 2.58. The minimum atomic E-state index is 0.717. The molecule has 2 aromatic heterocycles. The van der Waals surface area contributed by atoms with Crippen molar-refractivity contribution in [2.75, 3.05) is 31.2 Å². The summed E-state index contributed by atoms with van der Waals surface area (Å²) in [6.45, 7) is 9.25. The van der Waals surface area contributed by atoms with Gasteiger partial charge in [-0.2, -0.15) is 10.2 Å².